The number of aromatic hydroxyl groups is 1. The van der Waals surface area contributed by atoms with E-state index < -0.39 is 11.7 Å². The number of rotatable bonds is 2. The van der Waals surface area contributed by atoms with Crippen LogP contribution in [-0.2, 0) is 0 Å². The molecule has 2 rings (SSSR count). The van der Waals surface area contributed by atoms with Gasteiger partial charge in [0.05, 0.1) is 10.6 Å². The van der Waals surface area contributed by atoms with Gasteiger partial charge in [0.25, 0.3) is 5.91 Å². The van der Waals surface area contributed by atoms with E-state index >= 15 is 0 Å². The van der Waals surface area contributed by atoms with Gasteiger partial charge in [0.2, 0.25) is 0 Å². The van der Waals surface area contributed by atoms with Crippen molar-refractivity contribution in [1.29, 1.82) is 0 Å². The SMILES string of the molecule is O=C(Nc1ccc(Cl)c(O)c1)c1ccc(Br)cc1F. The van der Waals surface area contributed by atoms with E-state index in [1.807, 2.05) is 0 Å². The average Bonchev–Trinajstić information content (AvgIpc) is 2.33. The van der Waals surface area contributed by atoms with Gasteiger partial charge in [-0.05, 0) is 30.3 Å². The molecular formula is C13H8BrClFNO2. The summed E-state index contributed by atoms with van der Waals surface area (Å²) in [6, 6.07) is 8.37. The van der Waals surface area contributed by atoms with Gasteiger partial charge < -0.3 is 10.4 Å². The third-order valence-electron chi connectivity index (χ3n) is 2.38. The van der Waals surface area contributed by atoms with E-state index in [0.717, 1.165) is 0 Å². The minimum absolute atomic E-state index is 0.0855. The number of carbonyl (C=O) groups is 1. The zero-order valence-corrected chi connectivity index (χ0v) is 11.8. The first kappa shape index (κ1) is 13.8. The topological polar surface area (TPSA) is 49.3 Å². The predicted octanol–water partition coefficient (Wildman–Crippen LogP) is 4.20. The Hall–Kier alpha value is -1.59. The summed E-state index contributed by atoms with van der Waals surface area (Å²) < 4.78 is 14.1. The van der Waals surface area contributed by atoms with E-state index in [-0.39, 0.29) is 16.3 Å². The second kappa shape index (κ2) is 5.59. The lowest BCUT2D eigenvalue weighted by Gasteiger charge is -2.07. The van der Waals surface area contributed by atoms with E-state index in [9.17, 15) is 14.3 Å². The molecule has 0 aromatic heterocycles. The molecule has 0 atom stereocenters. The molecule has 2 N–H and O–H groups in total. The van der Waals surface area contributed by atoms with E-state index in [4.69, 9.17) is 11.6 Å². The van der Waals surface area contributed by atoms with Gasteiger partial charge in [-0.3, -0.25) is 4.79 Å². The highest BCUT2D eigenvalue weighted by Gasteiger charge is 2.12. The van der Waals surface area contributed by atoms with Crippen molar-refractivity contribution in [3.8, 4) is 5.75 Å². The van der Waals surface area contributed by atoms with E-state index in [1.54, 1.807) is 6.07 Å². The van der Waals surface area contributed by atoms with Crippen molar-refractivity contribution in [2.24, 2.45) is 0 Å². The van der Waals surface area contributed by atoms with Gasteiger partial charge in [-0.1, -0.05) is 27.5 Å². The van der Waals surface area contributed by atoms with Crippen LogP contribution in [0.1, 0.15) is 10.4 Å². The molecule has 0 heterocycles. The molecule has 2 aromatic rings. The number of halogens is 3. The third-order valence-corrected chi connectivity index (χ3v) is 3.19. The maximum absolute atomic E-state index is 13.6. The van der Waals surface area contributed by atoms with Gasteiger partial charge in [0.15, 0.2) is 0 Å². The zero-order valence-electron chi connectivity index (χ0n) is 9.45. The van der Waals surface area contributed by atoms with Gasteiger partial charge in [-0.15, -0.1) is 0 Å². The molecule has 19 heavy (non-hydrogen) atoms. The highest BCUT2D eigenvalue weighted by Crippen LogP contribution is 2.26. The molecule has 98 valence electrons. The Morgan fingerprint density at radius 3 is 2.63 bits per heavy atom. The fourth-order valence-electron chi connectivity index (χ4n) is 1.46. The Morgan fingerprint density at radius 2 is 2.00 bits per heavy atom. The molecular weight excluding hydrogens is 337 g/mol. The Bertz CT molecular complexity index is 649. The quantitative estimate of drug-likeness (QED) is 0.858. The summed E-state index contributed by atoms with van der Waals surface area (Å²) in [4.78, 5) is 11.9. The molecule has 0 saturated carbocycles. The van der Waals surface area contributed by atoms with Crippen LogP contribution in [0, 0.1) is 5.82 Å². The van der Waals surface area contributed by atoms with Crippen LogP contribution in [0.25, 0.3) is 0 Å². The summed E-state index contributed by atoms with van der Waals surface area (Å²) in [7, 11) is 0. The fourth-order valence-corrected chi connectivity index (χ4v) is 1.91. The summed E-state index contributed by atoms with van der Waals surface area (Å²) in [5.41, 5.74) is 0.242. The van der Waals surface area contributed by atoms with Crippen molar-refractivity contribution in [2.45, 2.75) is 0 Å². The Kier molecular flexibility index (Phi) is 4.07. The van der Waals surface area contributed by atoms with Crippen LogP contribution in [0.3, 0.4) is 0 Å². The molecule has 0 aliphatic carbocycles. The molecule has 0 radical (unpaired) electrons. The highest BCUT2D eigenvalue weighted by molar-refractivity contribution is 9.10. The standard InChI is InChI=1S/C13H8BrClFNO2/c14-7-1-3-9(11(16)5-7)13(19)17-8-2-4-10(15)12(18)6-8/h1-6,18H,(H,17,19). The largest absolute Gasteiger partial charge is 0.506 e. The number of anilines is 1. The molecule has 6 heteroatoms. The molecule has 0 aliphatic rings. The molecule has 0 fully saturated rings. The maximum atomic E-state index is 13.6. The lowest BCUT2D eigenvalue weighted by Crippen LogP contribution is -2.13. The first-order chi connectivity index (χ1) is 8.97. The lowest BCUT2D eigenvalue weighted by atomic mass is 10.2. The van der Waals surface area contributed by atoms with Crippen molar-refractivity contribution < 1.29 is 14.3 Å². The molecule has 0 spiro atoms. The number of phenolic OH excluding ortho intramolecular Hbond substituents is 1. The zero-order chi connectivity index (χ0) is 14.0. The predicted molar refractivity (Wildman–Crippen MR) is 75.2 cm³/mol. The van der Waals surface area contributed by atoms with Gasteiger partial charge >= 0.3 is 0 Å². The number of hydrogen-bond acceptors (Lipinski definition) is 2. The fraction of sp³-hybridized carbons (Fsp3) is 0. The van der Waals surface area contributed by atoms with Crippen LogP contribution in [0.4, 0.5) is 10.1 Å². The smallest absolute Gasteiger partial charge is 0.258 e. The van der Waals surface area contributed by atoms with Crippen LogP contribution in [0.2, 0.25) is 5.02 Å². The second-order valence-electron chi connectivity index (χ2n) is 3.74. The molecule has 1 amide bonds. The molecule has 2 aromatic carbocycles. The normalized spacial score (nSPS) is 10.3. The number of nitrogens with one attached hydrogen (secondary N) is 1. The summed E-state index contributed by atoms with van der Waals surface area (Å²) in [6.45, 7) is 0. The van der Waals surface area contributed by atoms with Crippen molar-refractivity contribution in [3.05, 3.63) is 57.3 Å². The molecule has 0 unspecified atom stereocenters. The van der Waals surface area contributed by atoms with Crippen LogP contribution < -0.4 is 5.32 Å². The Morgan fingerprint density at radius 1 is 1.26 bits per heavy atom. The monoisotopic (exact) mass is 343 g/mol. The Labute approximate surface area is 122 Å². The van der Waals surface area contributed by atoms with Gasteiger partial charge in [0.1, 0.15) is 11.6 Å². The van der Waals surface area contributed by atoms with Crippen LogP contribution in [0.15, 0.2) is 40.9 Å². The van der Waals surface area contributed by atoms with Gasteiger partial charge in [0, 0.05) is 16.2 Å². The van der Waals surface area contributed by atoms with Crippen LogP contribution in [-0.4, -0.2) is 11.0 Å². The average molecular weight is 345 g/mol. The van der Waals surface area contributed by atoms with Crippen molar-refractivity contribution in [1.82, 2.24) is 0 Å². The number of phenols is 1. The number of amides is 1. The summed E-state index contributed by atoms with van der Waals surface area (Å²) in [6.07, 6.45) is 0. The molecule has 0 aliphatic heterocycles. The third kappa shape index (κ3) is 3.24. The van der Waals surface area contributed by atoms with Gasteiger partial charge in [-0.25, -0.2) is 4.39 Å². The first-order valence-electron chi connectivity index (χ1n) is 5.22. The van der Waals surface area contributed by atoms with E-state index in [0.29, 0.717) is 10.2 Å². The number of benzene rings is 2. The van der Waals surface area contributed by atoms with Crippen LogP contribution >= 0.6 is 27.5 Å². The summed E-state index contributed by atoms with van der Waals surface area (Å²) in [5.74, 6) is -1.40. The van der Waals surface area contributed by atoms with Crippen molar-refractivity contribution in [3.63, 3.8) is 0 Å². The second-order valence-corrected chi connectivity index (χ2v) is 5.07. The maximum Gasteiger partial charge on any atom is 0.258 e. The van der Waals surface area contributed by atoms with E-state index in [1.165, 1.54) is 30.3 Å². The minimum atomic E-state index is -0.634. The number of carbonyl (C=O) groups excluding carboxylic acids is 1. The molecule has 3 nitrogen and oxygen atoms in total. The van der Waals surface area contributed by atoms with Crippen molar-refractivity contribution in [2.75, 3.05) is 5.32 Å². The van der Waals surface area contributed by atoms with Crippen molar-refractivity contribution >= 4 is 39.1 Å². The van der Waals surface area contributed by atoms with Crippen LogP contribution in [0.5, 0.6) is 5.75 Å². The van der Waals surface area contributed by atoms with E-state index in [2.05, 4.69) is 21.2 Å². The van der Waals surface area contributed by atoms with Gasteiger partial charge in [-0.2, -0.15) is 0 Å². The number of hydrogen-bond donors (Lipinski definition) is 2. The molecule has 0 bridgehead atoms. The summed E-state index contributed by atoms with van der Waals surface area (Å²) in [5, 5.41) is 12.1. The molecule has 0 saturated heterocycles. The Balaban J connectivity index is 2.23. The summed E-state index contributed by atoms with van der Waals surface area (Å²) >= 11 is 8.76. The highest BCUT2D eigenvalue weighted by atomic mass is 79.9. The first-order valence-corrected chi connectivity index (χ1v) is 6.39. The lowest BCUT2D eigenvalue weighted by molar-refractivity contribution is 0.102. The minimum Gasteiger partial charge on any atom is -0.506 e.